The molecule has 0 heterocycles. The molecule has 0 amide bonds. The molecule has 15 nitrogen and oxygen atoms in total. The van der Waals surface area contributed by atoms with Crippen molar-refractivity contribution in [3.05, 3.63) is 50.6 Å². The van der Waals surface area contributed by atoms with Crippen molar-refractivity contribution in [2.45, 2.75) is 12.8 Å². The normalized spacial score (nSPS) is 11.0. The number of carbonyl (C=O) groups excluding carboxylic acids is 6. The van der Waals surface area contributed by atoms with Gasteiger partial charge >= 0.3 is 35.8 Å². The predicted molar refractivity (Wildman–Crippen MR) is 180 cm³/mol. The summed E-state index contributed by atoms with van der Waals surface area (Å²) in [5.74, 6) is -3.06. The minimum absolute atomic E-state index is 0.0168. The summed E-state index contributed by atoms with van der Waals surface area (Å²) in [5.41, 5.74) is -3.01. The lowest BCUT2D eigenvalue weighted by Crippen LogP contribution is -2.47. The Balaban J connectivity index is 6.38. The summed E-state index contributed by atoms with van der Waals surface area (Å²) in [6, 6.07) is 0. The lowest BCUT2D eigenvalue weighted by Gasteiger charge is -2.35. The van der Waals surface area contributed by atoms with Crippen LogP contribution in [0.15, 0.2) is 50.6 Å². The quantitative estimate of drug-likeness (QED) is 0.0460. The van der Waals surface area contributed by atoms with E-state index in [9.17, 15) is 28.8 Å². The van der Waals surface area contributed by atoms with Crippen molar-refractivity contribution < 1.29 is 72.1 Å². The van der Waals surface area contributed by atoms with E-state index >= 15 is 0 Å². The average Bonchev–Trinajstić information content (AvgIpc) is 3.11. The fourth-order valence-electron chi connectivity index (χ4n) is 3.37. The van der Waals surface area contributed by atoms with Gasteiger partial charge in [-0.2, -0.15) is 23.5 Å². The lowest BCUT2D eigenvalue weighted by atomic mass is 9.90. The van der Waals surface area contributed by atoms with Gasteiger partial charge in [-0.25, -0.2) is 19.2 Å². The third-order valence-corrected chi connectivity index (χ3v) is 7.94. The van der Waals surface area contributed by atoms with Gasteiger partial charge in [0.15, 0.2) is 0 Å². The molecule has 0 aliphatic carbocycles. The molecule has 0 bridgehead atoms. The van der Waals surface area contributed by atoms with E-state index in [4.69, 9.17) is 43.4 Å². The first-order valence-electron chi connectivity index (χ1n) is 14.9. The maximum absolute atomic E-state index is 12.6. The predicted octanol–water partition coefficient (Wildman–Crippen LogP) is 1.21. The van der Waals surface area contributed by atoms with Crippen molar-refractivity contribution in [2.75, 3.05) is 89.1 Å². The highest BCUT2D eigenvalue weighted by molar-refractivity contribution is 7.99. The van der Waals surface area contributed by atoms with Crippen LogP contribution in [0.5, 0.6) is 0 Å². The smallest absolute Gasteiger partial charge is 0.330 e. The van der Waals surface area contributed by atoms with Gasteiger partial charge < -0.3 is 43.4 Å². The number of aliphatic hydroxyl groups excluding tert-OH is 2. The number of ether oxygens (including phenoxy) is 7. The zero-order chi connectivity index (χ0) is 37.0. The third-order valence-electron chi connectivity index (χ3n) is 6.02. The third kappa shape index (κ3) is 21.8. The Morgan fingerprint density at radius 1 is 0.469 bits per heavy atom. The standard InChI is InChI=1S/C32H46O15S2/c1-5-25(35)42-19-31(20-43-26(36)6-2,21-44-27(37)7-3)17-41-18-32(22-45-28(38)8-4,23-46-29(39)9-13-48-15-11-33)24-47-30(40)10-14-49-16-12-34/h5-8,33-34H,1-4,9-24H2. The molecule has 0 saturated carbocycles. The van der Waals surface area contributed by atoms with Crippen molar-refractivity contribution >= 4 is 59.3 Å². The van der Waals surface area contributed by atoms with Crippen LogP contribution < -0.4 is 0 Å². The van der Waals surface area contributed by atoms with Crippen LogP contribution in [-0.2, 0) is 61.9 Å². The SMILES string of the molecule is C=CC(=O)OCC(COCC(COC(=O)C=C)(COC(=O)CCSCCO)COC(=O)CCSCCO)(COC(=O)C=C)COC(=O)C=C. The highest BCUT2D eigenvalue weighted by Gasteiger charge is 2.40. The Morgan fingerprint density at radius 3 is 1.02 bits per heavy atom. The van der Waals surface area contributed by atoms with Crippen LogP contribution in [0, 0.1) is 10.8 Å². The van der Waals surface area contributed by atoms with Crippen molar-refractivity contribution in [3.8, 4) is 0 Å². The van der Waals surface area contributed by atoms with Gasteiger partial charge in [0.2, 0.25) is 0 Å². The van der Waals surface area contributed by atoms with Crippen LogP contribution in [0.3, 0.4) is 0 Å². The van der Waals surface area contributed by atoms with Crippen LogP contribution in [0.25, 0.3) is 0 Å². The Hall–Kier alpha value is -3.64. The van der Waals surface area contributed by atoms with E-state index < -0.39 is 99.5 Å². The van der Waals surface area contributed by atoms with E-state index in [1.165, 1.54) is 23.5 Å². The molecule has 0 saturated heterocycles. The number of aliphatic hydroxyl groups is 2. The molecular weight excluding hydrogens is 688 g/mol. The van der Waals surface area contributed by atoms with E-state index in [-0.39, 0.29) is 26.1 Å². The molecule has 0 aliphatic heterocycles. The second-order valence-corrected chi connectivity index (χ2v) is 12.7. The molecule has 0 aromatic carbocycles. The Labute approximate surface area is 294 Å². The van der Waals surface area contributed by atoms with Gasteiger partial charge in [-0.15, -0.1) is 0 Å². The minimum Gasteiger partial charge on any atom is -0.465 e. The van der Waals surface area contributed by atoms with Gasteiger partial charge in [0.05, 0.1) is 50.1 Å². The van der Waals surface area contributed by atoms with Crippen molar-refractivity contribution in [1.82, 2.24) is 0 Å². The first-order valence-corrected chi connectivity index (χ1v) is 17.2. The lowest BCUT2D eigenvalue weighted by molar-refractivity contribution is -0.171. The summed E-state index contributed by atoms with van der Waals surface area (Å²) in [5, 5.41) is 17.9. The number of hydrogen-bond acceptors (Lipinski definition) is 17. The second-order valence-electron chi connectivity index (χ2n) is 10.2. The van der Waals surface area contributed by atoms with Gasteiger partial charge in [-0.1, -0.05) is 26.3 Å². The van der Waals surface area contributed by atoms with Gasteiger partial charge in [-0.05, 0) is 0 Å². The largest absolute Gasteiger partial charge is 0.465 e. The summed E-state index contributed by atoms with van der Waals surface area (Å²) in [6.07, 6.45) is 3.55. The molecule has 276 valence electrons. The Bertz CT molecular complexity index is 1020. The van der Waals surface area contributed by atoms with Crippen LogP contribution in [0.4, 0.5) is 0 Å². The average molecular weight is 735 g/mol. The molecule has 49 heavy (non-hydrogen) atoms. The molecule has 0 aliphatic rings. The Kier molecular flexibility index (Phi) is 25.2. The molecule has 0 radical (unpaired) electrons. The number of esters is 6. The number of rotatable bonds is 30. The van der Waals surface area contributed by atoms with Crippen molar-refractivity contribution in [2.24, 2.45) is 10.8 Å². The highest BCUT2D eigenvalue weighted by atomic mass is 32.2. The van der Waals surface area contributed by atoms with E-state index in [0.717, 1.165) is 24.3 Å². The zero-order valence-corrected chi connectivity index (χ0v) is 29.1. The molecule has 2 N–H and O–H groups in total. The first-order chi connectivity index (χ1) is 23.4. The molecule has 0 fully saturated rings. The highest BCUT2D eigenvalue weighted by Crippen LogP contribution is 2.26. The van der Waals surface area contributed by atoms with Crippen LogP contribution in [-0.4, -0.2) is 135 Å². The van der Waals surface area contributed by atoms with E-state index in [1.807, 2.05) is 0 Å². The molecule has 0 rings (SSSR count). The van der Waals surface area contributed by atoms with Gasteiger partial charge in [-0.3, -0.25) is 9.59 Å². The Morgan fingerprint density at radius 2 is 0.755 bits per heavy atom. The van der Waals surface area contributed by atoms with E-state index in [1.54, 1.807) is 0 Å². The molecule has 0 spiro atoms. The maximum Gasteiger partial charge on any atom is 0.330 e. The summed E-state index contributed by atoms with van der Waals surface area (Å²) in [7, 11) is 0. The molecular formula is C32H46O15S2. The monoisotopic (exact) mass is 734 g/mol. The molecule has 0 aromatic rings. The number of hydrogen-bond donors (Lipinski definition) is 2. The topological polar surface area (TPSA) is 207 Å². The van der Waals surface area contributed by atoms with Crippen molar-refractivity contribution in [1.29, 1.82) is 0 Å². The van der Waals surface area contributed by atoms with Crippen LogP contribution in [0.2, 0.25) is 0 Å². The maximum atomic E-state index is 12.6. The van der Waals surface area contributed by atoms with Crippen molar-refractivity contribution in [3.63, 3.8) is 0 Å². The zero-order valence-electron chi connectivity index (χ0n) is 27.5. The fourth-order valence-corrected chi connectivity index (χ4v) is 4.66. The van der Waals surface area contributed by atoms with Gasteiger partial charge in [0.1, 0.15) is 39.6 Å². The minimum atomic E-state index is -1.51. The van der Waals surface area contributed by atoms with E-state index in [0.29, 0.717) is 23.0 Å². The molecule has 17 heteroatoms. The van der Waals surface area contributed by atoms with E-state index in [2.05, 4.69) is 26.3 Å². The molecule has 0 unspecified atom stereocenters. The number of carbonyl (C=O) groups is 6. The summed E-state index contributed by atoms with van der Waals surface area (Å²) < 4.78 is 37.9. The first kappa shape index (κ1) is 45.4. The van der Waals surface area contributed by atoms with Gasteiger partial charge in [0, 0.05) is 47.3 Å². The summed E-state index contributed by atoms with van der Waals surface area (Å²) >= 11 is 2.66. The summed E-state index contributed by atoms with van der Waals surface area (Å²) in [6.45, 7) is 9.53. The molecule has 0 aromatic heterocycles. The summed E-state index contributed by atoms with van der Waals surface area (Å²) in [4.78, 5) is 73.2. The fraction of sp³-hybridized carbons (Fsp3) is 0.562. The van der Waals surface area contributed by atoms with Crippen LogP contribution in [0.1, 0.15) is 12.8 Å². The van der Waals surface area contributed by atoms with Crippen LogP contribution >= 0.6 is 23.5 Å². The molecule has 0 atom stereocenters. The second kappa shape index (κ2) is 27.2. The van der Waals surface area contributed by atoms with Gasteiger partial charge in [0.25, 0.3) is 0 Å². The number of thioether (sulfide) groups is 2.